The predicted octanol–water partition coefficient (Wildman–Crippen LogP) is 1.32. The van der Waals surface area contributed by atoms with Gasteiger partial charge in [-0.25, -0.2) is 0 Å². The third-order valence-electron chi connectivity index (χ3n) is 3.27. The topological polar surface area (TPSA) is 9.72 Å². The Balaban J connectivity index is 2.87. The molecule has 1 aliphatic heterocycles. The van der Waals surface area contributed by atoms with E-state index in [1.54, 1.807) is 0 Å². The van der Waals surface area contributed by atoms with Gasteiger partial charge in [0.1, 0.15) is 0 Å². The molecule has 0 aromatic carbocycles. The van der Waals surface area contributed by atoms with Crippen LogP contribution in [0.25, 0.3) is 0 Å². The lowest BCUT2D eigenvalue weighted by atomic mass is 11.0. The summed E-state index contributed by atoms with van der Waals surface area (Å²) in [5.41, 5.74) is 0. The van der Waals surface area contributed by atoms with Crippen LogP contribution in [0.2, 0.25) is 18.1 Å². The van der Waals surface area contributed by atoms with Crippen molar-refractivity contribution in [3.63, 3.8) is 0 Å². The molecule has 15 heavy (non-hydrogen) atoms. The molecule has 0 aliphatic carbocycles. The standard InChI is InChI=1S/C9H24N3Si3/c1-7-13-10(4)14(8-2)12(6)15(9-3)11(13)5/h7-9H2,1-6H3. The van der Waals surface area contributed by atoms with Crippen molar-refractivity contribution >= 4 is 27.4 Å². The summed E-state index contributed by atoms with van der Waals surface area (Å²) in [4.78, 5) is 0. The van der Waals surface area contributed by atoms with Crippen LogP contribution >= 0.6 is 0 Å². The van der Waals surface area contributed by atoms with Gasteiger partial charge in [0.05, 0.1) is 0 Å². The number of rotatable bonds is 3. The molecule has 1 aliphatic rings. The van der Waals surface area contributed by atoms with E-state index in [-0.39, 0.29) is 27.4 Å². The Morgan fingerprint density at radius 2 is 0.800 bits per heavy atom. The predicted molar refractivity (Wildman–Crippen MR) is 72.0 cm³/mol. The summed E-state index contributed by atoms with van der Waals surface area (Å²) in [5.74, 6) is 0. The molecular formula is C9H24N3Si3. The van der Waals surface area contributed by atoms with Gasteiger partial charge in [0.2, 0.25) is 27.4 Å². The summed E-state index contributed by atoms with van der Waals surface area (Å²) in [7, 11) is 5.93. The van der Waals surface area contributed by atoms with Crippen LogP contribution in [0, 0.1) is 0 Å². The summed E-state index contributed by atoms with van der Waals surface area (Å²) < 4.78 is 8.21. The highest BCUT2D eigenvalue weighted by Crippen LogP contribution is 2.21. The van der Waals surface area contributed by atoms with Crippen LogP contribution in [-0.2, 0) is 0 Å². The Bertz CT molecular complexity index is 160. The van der Waals surface area contributed by atoms with Crippen LogP contribution in [0.15, 0.2) is 0 Å². The highest BCUT2D eigenvalue weighted by Gasteiger charge is 2.43. The van der Waals surface area contributed by atoms with Crippen LogP contribution in [0.1, 0.15) is 20.8 Å². The van der Waals surface area contributed by atoms with Gasteiger partial charge in [-0.05, 0) is 39.3 Å². The van der Waals surface area contributed by atoms with Gasteiger partial charge in [0.15, 0.2) is 0 Å². The molecule has 0 atom stereocenters. The minimum Gasteiger partial charge on any atom is -0.325 e. The quantitative estimate of drug-likeness (QED) is 0.707. The Labute approximate surface area is 100 Å². The third-order valence-corrected chi connectivity index (χ3v) is 14.5. The van der Waals surface area contributed by atoms with Crippen molar-refractivity contribution in [2.24, 2.45) is 0 Å². The zero-order valence-corrected chi connectivity index (χ0v) is 14.0. The van der Waals surface area contributed by atoms with Crippen LogP contribution in [0.5, 0.6) is 0 Å². The van der Waals surface area contributed by atoms with E-state index >= 15 is 0 Å². The number of hydrogen-bond donors (Lipinski definition) is 0. The van der Waals surface area contributed by atoms with Gasteiger partial charge in [0, 0.05) is 0 Å². The van der Waals surface area contributed by atoms with E-state index in [9.17, 15) is 0 Å². The van der Waals surface area contributed by atoms with Crippen LogP contribution in [-0.4, -0.2) is 61.2 Å². The van der Waals surface area contributed by atoms with E-state index < -0.39 is 0 Å². The van der Waals surface area contributed by atoms with Gasteiger partial charge < -0.3 is 12.7 Å². The molecule has 3 nitrogen and oxygen atoms in total. The Hall–Kier alpha value is 0.531. The molecule has 1 rings (SSSR count). The van der Waals surface area contributed by atoms with Crippen LogP contribution in [0.4, 0.5) is 0 Å². The summed E-state index contributed by atoms with van der Waals surface area (Å²) in [5, 5.41) is 0. The maximum Gasteiger partial charge on any atom is 0.216 e. The van der Waals surface area contributed by atoms with Crippen molar-refractivity contribution in [1.29, 1.82) is 0 Å². The van der Waals surface area contributed by atoms with Crippen LogP contribution < -0.4 is 0 Å². The minimum atomic E-state index is -0.380. The first kappa shape index (κ1) is 13.6. The molecule has 87 valence electrons. The van der Waals surface area contributed by atoms with Gasteiger partial charge in [0.25, 0.3) is 0 Å². The molecule has 0 saturated carbocycles. The van der Waals surface area contributed by atoms with Crippen molar-refractivity contribution < 1.29 is 0 Å². The van der Waals surface area contributed by atoms with E-state index in [0.29, 0.717) is 0 Å². The smallest absolute Gasteiger partial charge is 0.216 e. The fraction of sp³-hybridized carbons (Fsp3) is 1.00. The molecule has 0 bridgehead atoms. The van der Waals surface area contributed by atoms with E-state index in [0.717, 1.165) is 0 Å². The third kappa shape index (κ3) is 2.45. The van der Waals surface area contributed by atoms with Gasteiger partial charge >= 0.3 is 0 Å². The number of nitrogens with zero attached hydrogens (tertiary/aromatic N) is 3. The molecule has 1 fully saturated rings. The zero-order valence-electron chi connectivity index (χ0n) is 11.0. The monoisotopic (exact) mass is 258 g/mol. The Morgan fingerprint density at radius 1 is 0.600 bits per heavy atom. The summed E-state index contributed by atoms with van der Waals surface area (Å²) >= 11 is 0. The van der Waals surface area contributed by atoms with E-state index in [4.69, 9.17) is 0 Å². The molecule has 6 heteroatoms. The molecule has 1 heterocycles. The largest absolute Gasteiger partial charge is 0.325 e. The molecular weight excluding hydrogens is 234 g/mol. The SMILES string of the molecule is CC[Si]1N(C)[Si](CC)N(C)[Si](CC)N1C. The van der Waals surface area contributed by atoms with Gasteiger partial charge in [-0.3, -0.25) is 0 Å². The lowest BCUT2D eigenvalue weighted by Crippen LogP contribution is -2.74. The molecule has 0 spiro atoms. The molecule has 0 unspecified atom stereocenters. The minimum absolute atomic E-state index is 0.380. The van der Waals surface area contributed by atoms with Crippen LogP contribution in [0.3, 0.4) is 0 Å². The zero-order chi connectivity index (χ0) is 11.6. The average Bonchev–Trinajstić information content (AvgIpc) is 2.19. The fourth-order valence-electron chi connectivity index (χ4n) is 2.54. The first-order valence-corrected chi connectivity index (χ1v) is 10.7. The number of hydrogen-bond acceptors (Lipinski definition) is 3. The first-order chi connectivity index (χ1) is 7.08. The maximum absolute atomic E-state index is 2.74. The van der Waals surface area contributed by atoms with E-state index in [1.807, 2.05) is 0 Å². The maximum atomic E-state index is 2.74. The summed E-state index contributed by atoms with van der Waals surface area (Å²) in [6.07, 6.45) is 0. The molecule has 0 N–H and O–H groups in total. The van der Waals surface area contributed by atoms with Gasteiger partial charge in [-0.15, -0.1) is 0 Å². The second-order valence-electron chi connectivity index (χ2n) is 3.99. The van der Waals surface area contributed by atoms with Crippen molar-refractivity contribution in [2.75, 3.05) is 21.1 Å². The second-order valence-corrected chi connectivity index (χ2v) is 14.0. The van der Waals surface area contributed by atoms with Crippen molar-refractivity contribution in [3.05, 3.63) is 0 Å². The molecule has 0 aromatic heterocycles. The second kappa shape index (κ2) is 5.74. The van der Waals surface area contributed by atoms with Crippen molar-refractivity contribution in [2.45, 2.75) is 38.9 Å². The normalized spacial score (nSPS) is 25.2. The molecule has 0 amide bonds. The highest BCUT2D eigenvalue weighted by molar-refractivity contribution is 6.85. The lowest BCUT2D eigenvalue weighted by molar-refractivity contribution is 0.527. The van der Waals surface area contributed by atoms with E-state index in [1.165, 1.54) is 18.1 Å². The molecule has 0 aromatic rings. The summed E-state index contributed by atoms with van der Waals surface area (Å²) in [6, 6.07) is 4.06. The highest BCUT2D eigenvalue weighted by atomic mass is 28.4. The Kier molecular flexibility index (Phi) is 5.20. The molecule has 3 radical (unpaired) electrons. The fourth-order valence-corrected chi connectivity index (χ4v) is 16.8. The average molecular weight is 259 g/mol. The van der Waals surface area contributed by atoms with Gasteiger partial charge in [-0.2, -0.15) is 0 Å². The van der Waals surface area contributed by atoms with Crippen molar-refractivity contribution in [3.8, 4) is 0 Å². The van der Waals surface area contributed by atoms with E-state index in [2.05, 4.69) is 54.6 Å². The molecule has 1 saturated heterocycles. The Morgan fingerprint density at radius 3 is 0.933 bits per heavy atom. The first-order valence-electron chi connectivity index (χ1n) is 5.87. The van der Waals surface area contributed by atoms with Crippen molar-refractivity contribution in [1.82, 2.24) is 12.7 Å². The van der Waals surface area contributed by atoms with Gasteiger partial charge in [-0.1, -0.05) is 20.8 Å². The summed E-state index contributed by atoms with van der Waals surface area (Å²) in [6.45, 7) is 7.07. The lowest BCUT2D eigenvalue weighted by Gasteiger charge is -2.51.